The van der Waals surface area contributed by atoms with E-state index in [0.29, 0.717) is 0 Å². The first-order chi connectivity index (χ1) is 8.83. The Kier molecular flexibility index (Phi) is 4.07. The fourth-order valence-corrected chi connectivity index (χ4v) is 1.76. The molecule has 0 heterocycles. The summed E-state index contributed by atoms with van der Waals surface area (Å²) in [6.45, 7) is 0.732. The normalized spacial score (nSPS) is 9.89. The van der Waals surface area contributed by atoms with Crippen LogP contribution >= 0.6 is 0 Å². The Hall–Kier alpha value is -2.16. The van der Waals surface area contributed by atoms with Crippen LogP contribution in [0.15, 0.2) is 48.5 Å². The summed E-state index contributed by atoms with van der Waals surface area (Å²) in [6.07, 6.45) is 0. The number of hydrogen-bond acceptors (Lipinski definition) is 3. The van der Waals surface area contributed by atoms with E-state index in [2.05, 4.69) is 11.4 Å². The second-order valence-electron chi connectivity index (χ2n) is 3.89. The van der Waals surface area contributed by atoms with E-state index in [-0.39, 0.29) is 0 Å². The Bertz CT molecular complexity index is 494. The van der Waals surface area contributed by atoms with Gasteiger partial charge in [0.15, 0.2) is 0 Å². The number of ether oxygens (including phenoxy) is 2. The maximum atomic E-state index is 5.31. The van der Waals surface area contributed by atoms with E-state index < -0.39 is 0 Å². The topological polar surface area (TPSA) is 30.5 Å². The SMILES string of the molecule is COc1ccc(NCc2ccccc2OC)cc1. The number of methoxy groups -OCH3 is 2. The molecule has 0 spiro atoms. The maximum absolute atomic E-state index is 5.31. The Labute approximate surface area is 107 Å². The van der Waals surface area contributed by atoms with Gasteiger partial charge in [0.25, 0.3) is 0 Å². The molecule has 2 aromatic carbocycles. The van der Waals surface area contributed by atoms with Crippen molar-refractivity contribution in [1.82, 2.24) is 0 Å². The molecule has 0 aliphatic carbocycles. The van der Waals surface area contributed by atoms with Gasteiger partial charge in [-0.2, -0.15) is 0 Å². The summed E-state index contributed by atoms with van der Waals surface area (Å²) in [5.41, 5.74) is 2.19. The van der Waals surface area contributed by atoms with E-state index in [4.69, 9.17) is 9.47 Å². The highest BCUT2D eigenvalue weighted by atomic mass is 16.5. The van der Waals surface area contributed by atoms with Gasteiger partial charge in [-0.3, -0.25) is 0 Å². The minimum Gasteiger partial charge on any atom is -0.497 e. The van der Waals surface area contributed by atoms with E-state index in [1.807, 2.05) is 42.5 Å². The molecule has 0 amide bonds. The van der Waals surface area contributed by atoms with E-state index in [1.54, 1.807) is 14.2 Å². The molecule has 0 aromatic heterocycles. The van der Waals surface area contributed by atoms with Gasteiger partial charge >= 0.3 is 0 Å². The van der Waals surface area contributed by atoms with Gasteiger partial charge in [-0.15, -0.1) is 0 Å². The van der Waals surface area contributed by atoms with Gasteiger partial charge in [0, 0.05) is 17.8 Å². The van der Waals surface area contributed by atoms with Crippen LogP contribution in [0.25, 0.3) is 0 Å². The predicted octanol–water partition coefficient (Wildman–Crippen LogP) is 3.32. The first kappa shape index (κ1) is 12.3. The maximum Gasteiger partial charge on any atom is 0.123 e. The monoisotopic (exact) mass is 243 g/mol. The second kappa shape index (κ2) is 5.96. The molecule has 2 aromatic rings. The molecule has 0 fully saturated rings. The summed E-state index contributed by atoms with van der Waals surface area (Å²) >= 11 is 0. The van der Waals surface area contributed by atoms with Crippen LogP contribution in [0.3, 0.4) is 0 Å². The van der Waals surface area contributed by atoms with Crippen molar-refractivity contribution in [2.75, 3.05) is 19.5 Å². The van der Waals surface area contributed by atoms with Crippen LogP contribution in [0.2, 0.25) is 0 Å². The number of nitrogens with one attached hydrogen (secondary N) is 1. The Morgan fingerprint density at radius 2 is 1.61 bits per heavy atom. The lowest BCUT2D eigenvalue weighted by Gasteiger charge is -2.10. The van der Waals surface area contributed by atoms with Crippen LogP contribution in [0.1, 0.15) is 5.56 Å². The summed E-state index contributed by atoms with van der Waals surface area (Å²) in [5.74, 6) is 1.76. The fraction of sp³-hybridized carbons (Fsp3) is 0.200. The van der Waals surface area contributed by atoms with Gasteiger partial charge in [0.05, 0.1) is 14.2 Å². The highest BCUT2D eigenvalue weighted by Gasteiger charge is 2.01. The number of anilines is 1. The van der Waals surface area contributed by atoms with Crippen LogP contribution in [-0.2, 0) is 6.54 Å². The quantitative estimate of drug-likeness (QED) is 0.873. The molecular formula is C15H17NO2. The van der Waals surface area contributed by atoms with Crippen LogP contribution in [0.4, 0.5) is 5.69 Å². The Morgan fingerprint density at radius 1 is 0.889 bits per heavy atom. The van der Waals surface area contributed by atoms with Crippen LogP contribution in [0.5, 0.6) is 11.5 Å². The fourth-order valence-electron chi connectivity index (χ4n) is 1.76. The summed E-state index contributed by atoms with van der Waals surface area (Å²) in [4.78, 5) is 0. The third-order valence-corrected chi connectivity index (χ3v) is 2.77. The van der Waals surface area contributed by atoms with Gasteiger partial charge in [-0.25, -0.2) is 0 Å². The van der Waals surface area contributed by atoms with Gasteiger partial charge in [-0.1, -0.05) is 18.2 Å². The lowest BCUT2D eigenvalue weighted by Crippen LogP contribution is -2.01. The molecule has 94 valence electrons. The zero-order valence-electron chi connectivity index (χ0n) is 10.6. The molecule has 0 aliphatic heterocycles. The van der Waals surface area contributed by atoms with Crippen molar-refractivity contribution in [3.05, 3.63) is 54.1 Å². The smallest absolute Gasteiger partial charge is 0.123 e. The van der Waals surface area contributed by atoms with Crippen LogP contribution in [0, 0.1) is 0 Å². The molecule has 0 bridgehead atoms. The minimum absolute atomic E-state index is 0.732. The number of hydrogen-bond donors (Lipinski definition) is 1. The summed E-state index contributed by atoms with van der Waals surface area (Å²) in [6, 6.07) is 15.8. The molecule has 0 atom stereocenters. The molecule has 0 saturated carbocycles. The lowest BCUT2D eigenvalue weighted by molar-refractivity contribution is 0.410. The third-order valence-electron chi connectivity index (χ3n) is 2.77. The van der Waals surface area contributed by atoms with Crippen molar-refractivity contribution in [1.29, 1.82) is 0 Å². The van der Waals surface area contributed by atoms with E-state index in [0.717, 1.165) is 29.3 Å². The number of para-hydroxylation sites is 1. The average Bonchev–Trinajstić information content (AvgIpc) is 2.46. The van der Waals surface area contributed by atoms with E-state index in [1.165, 1.54) is 0 Å². The van der Waals surface area contributed by atoms with Crippen molar-refractivity contribution in [2.24, 2.45) is 0 Å². The molecule has 0 unspecified atom stereocenters. The van der Waals surface area contributed by atoms with Crippen molar-refractivity contribution < 1.29 is 9.47 Å². The highest BCUT2D eigenvalue weighted by molar-refractivity contribution is 5.47. The van der Waals surface area contributed by atoms with Gasteiger partial charge in [0.1, 0.15) is 11.5 Å². The third kappa shape index (κ3) is 2.94. The molecule has 2 rings (SSSR count). The van der Waals surface area contributed by atoms with Crippen molar-refractivity contribution in [2.45, 2.75) is 6.54 Å². The molecule has 0 radical (unpaired) electrons. The first-order valence-electron chi connectivity index (χ1n) is 5.83. The largest absolute Gasteiger partial charge is 0.497 e. The molecule has 18 heavy (non-hydrogen) atoms. The van der Waals surface area contributed by atoms with Gasteiger partial charge < -0.3 is 14.8 Å². The molecular weight excluding hydrogens is 226 g/mol. The molecule has 1 N–H and O–H groups in total. The lowest BCUT2D eigenvalue weighted by atomic mass is 10.2. The minimum atomic E-state index is 0.732. The summed E-state index contributed by atoms with van der Waals surface area (Å²) < 4.78 is 10.4. The summed E-state index contributed by atoms with van der Waals surface area (Å²) in [5, 5.41) is 3.35. The second-order valence-corrected chi connectivity index (χ2v) is 3.89. The standard InChI is InChI=1S/C15H17NO2/c1-17-14-9-7-13(8-10-14)16-11-12-5-3-4-6-15(12)18-2/h3-10,16H,11H2,1-2H3. The number of benzene rings is 2. The zero-order valence-corrected chi connectivity index (χ0v) is 10.6. The predicted molar refractivity (Wildman–Crippen MR) is 73.3 cm³/mol. The van der Waals surface area contributed by atoms with E-state index >= 15 is 0 Å². The molecule has 3 heteroatoms. The molecule has 0 aliphatic rings. The van der Waals surface area contributed by atoms with Crippen molar-refractivity contribution >= 4 is 5.69 Å². The zero-order chi connectivity index (χ0) is 12.8. The average molecular weight is 243 g/mol. The van der Waals surface area contributed by atoms with Crippen molar-refractivity contribution in [3.8, 4) is 11.5 Å². The van der Waals surface area contributed by atoms with Crippen LogP contribution < -0.4 is 14.8 Å². The first-order valence-corrected chi connectivity index (χ1v) is 5.83. The Balaban J connectivity index is 2.02. The van der Waals surface area contributed by atoms with E-state index in [9.17, 15) is 0 Å². The number of rotatable bonds is 5. The highest BCUT2D eigenvalue weighted by Crippen LogP contribution is 2.20. The summed E-state index contributed by atoms with van der Waals surface area (Å²) in [7, 11) is 3.35. The molecule has 0 saturated heterocycles. The van der Waals surface area contributed by atoms with Gasteiger partial charge in [0.2, 0.25) is 0 Å². The van der Waals surface area contributed by atoms with Crippen LogP contribution in [-0.4, -0.2) is 14.2 Å². The molecule has 3 nitrogen and oxygen atoms in total. The van der Waals surface area contributed by atoms with Crippen molar-refractivity contribution in [3.63, 3.8) is 0 Å². The van der Waals surface area contributed by atoms with Gasteiger partial charge in [-0.05, 0) is 30.3 Å². The Morgan fingerprint density at radius 3 is 2.28 bits per heavy atom.